The standard InChI is InChI=1S/C23H17BrN2O2/c24-18-10-11-21-17(14-18)12-13-26(21)15-22(27)25-20-9-5-4-8-19(20)23(28)16-6-2-1-3-7-16/h1-14H,15H2,(H,25,27). The highest BCUT2D eigenvalue weighted by Gasteiger charge is 2.15. The summed E-state index contributed by atoms with van der Waals surface area (Å²) < 4.78 is 2.88. The highest BCUT2D eigenvalue weighted by Crippen LogP contribution is 2.22. The van der Waals surface area contributed by atoms with Crippen molar-refractivity contribution < 1.29 is 9.59 Å². The zero-order valence-corrected chi connectivity index (χ0v) is 16.5. The van der Waals surface area contributed by atoms with Crippen LogP contribution in [0.15, 0.2) is 89.5 Å². The number of hydrogen-bond acceptors (Lipinski definition) is 2. The average molecular weight is 433 g/mol. The number of amides is 1. The molecule has 0 atom stereocenters. The molecule has 0 aliphatic rings. The number of anilines is 1. The SMILES string of the molecule is O=C(Cn1ccc2cc(Br)ccc21)Nc1ccccc1C(=O)c1ccccc1. The third-order valence-corrected chi connectivity index (χ3v) is 5.02. The number of aromatic nitrogens is 1. The van der Waals surface area contributed by atoms with Crippen LogP contribution in [-0.2, 0) is 11.3 Å². The number of ketones is 1. The number of fused-ring (bicyclic) bond motifs is 1. The molecule has 0 unspecified atom stereocenters. The Morgan fingerprint density at radius 2 is 1.64 bits per heavy atom. The Labute approximate surface area is 170 Å². The number of halogens is 1. The number of hydrogen-bond donors (Lipinski definition) is 1. The number of carbonyl (C=O) groups excluding carboxylic acids is 2. The van der Waals surface area contributed by atoms with Gasteiger partial charge < -0.3 is 9.88 Å². The van der Waals surface area contributed by atoms with E-state index in [0.717, 1.165) is 15.4 Å². The Bertz CT molecular complexity index is 1170. The summed E-state index contributed by atoms with van der Waals surface area (Å²) in [5, 5.41) is 3.94. The van der Waals surface area contributed by atoms with Crippen LogP contribution >= 0.6 is 15.9 Å². The molecule has 0 aliphatic heterocycles. The van der Waals surface area contributed by atoms with E-state index in [4.69, 9.17) is 0 Å². The molecule has 4 aromatic rings. The fourth-order valence-electron chi connectivity index (χ4n) is 3.19. The molecular formula is C23H17BrN2O2. The van der Waals surface area contributed by atoms with E-state index in [9.17, 15) is 9.59 Å². The minimum Gasteiger partial charge on any atom is -0.338 e. The minimum absolute atomic E-state index is 0.118. The van der Waals surface area contributed by atoms with E-state index < -0.39 is 0 Å². The molecule has 1 aromatic heterocycles. The molecule has 0 fully saturated rings. The molecule has 0 bridgehead atoms. The lowest BCUT2D eigenvalue weighted by atomic mass is 10.0. The molecule has 1 N–H and O–H groups in total. The zero-order valence-electron chi connectivity index (χ0n) is 14.9. The van der Waals surface area contributed by atoms with Crippen LogP contribution in [0.3, 0.4) is 0 Å². The summed E-state index contributed by atoms with van der Waals surface area (Å²) in [7, 11) is 0. The number of carbonyl (C=O) groups is 2. The summed E-state index contributed by atoms with van der Waals surface area (Å²) >= 11 is 3.46. The second-order valence-corrected chi connectivity index (χ2v) is 7.35. The van der Waals surface area contributed by atoms with Gasteiger partial charge in [-0.1, -0.05) is 58.4 Å². The minimum atomic E-state index is -0.186. The smallest absolute Gasteiger partial charge is 0.244 e. The van der Waals surface area contributed by atoms with Crippen molar-refractivity contribution in [1.29, 1.82) is 0 Å². The topological polar surface area (TPSA) is 51.1 Å². The van der Waals surface area contributed by atoms with E-state index >= 15 is 0 Å². The van der Waals surface area contributed by atoms with Crippen molar-refractivity contribution >= 4 is 44.2 Å². The van der Waals surface area contributed by atoms with Crippen molar-refractivity contribution in [3.63, 3.8) is 0 Å². The molecule has 0 saturated heterocycles. The van der Waals surface area contributed by atoms with Crippen molar-refractivity contribution in [3.05, 3.63) is 101 Å². The van der Waals surface area contributed by atoms with Gasteiger partial charge in [0.15, 0.2) is 5.78 Å². The van der Waals surface area contributed by atoms with Crippen LogP contribution in [-0.4, -0.2) is 16.3 Å². The molecule has 138 valence electrons. The summed E-state index contributed by atoms with van der Waals surface area (Å²) in [5.41, 5.74) is 2.56. The van der Waals surface area contributed by atoms with Gasteiger partial charge in [-0.3, -0.25) is 9.59 Å². The number of rotatable bonds is 5. The van der Waals surface area contributed by atoms with Crippen LogP contribution in [0.1, 0.15) is 15.9 Å². The zero-order chi connectivity index (χ0) is 19.5. The second-order valence-electron chi connectivity index (χ2n) is 6.44. The molecule has 1 amide bonds. The van der Waals surface area contributed by atoms with Gasteiger partial charge in [0.05, 0.1) is 5.69 Å². The lowest BCUT2D eigenvalue weighted by Gasteiger charge is -2.11. The maximum Gasteiger partial charge on any atom is 0.244 e. The maximum atomic E-state index is 12.8. The highest BCUT2D eigenvalue weighted by atomic mass is 79.9. The Hall–Kier alpha value is -3.18. The van der Waals surface area contributed by atoms with E-state index in [0.29, 0.717) is 16.8 Å². The number of nitrogens with one attached hydrogen (secondary N) is 1. The van der Waals surface area contributed by atoms with Gasteiger partial charge in [0, 0.05) is 32.7 Å². The van der Waals surface area contributed by atoms with Crippen LogP contribution in [0, 0.1) is 0 Å². The van der Waals surface area contributed by atoms with Crippen molar-refractivity contribution in [3.8, 4) is 0 Å². The Balaban J connectivity index is 1.56. The average Bonchev–Trinajstić information content (AvgIpc) is 3.10. The highest BCUT2D eigenvalue weighted by molar-refractivity contribution is 9.10. The van der Waals surface area contributed by atoms with Gasteiger partial charge in [-0.15, -0.1) is 0 Å². The molecule has 5 heteroatoms. The first kappa shape index (κ1) is 18.2. The van der Waals surface area contributed by atoms with Gasteiger partial charge in [0.25, 0.3) is 0 Å². The molecule has 1 heterocycles. The molecule has 0 radical (unpaired) electrons. The fourth-order valence-corrected chi connectivity index (χ4v) is 3.57. The molecule has 0 spiro atoms. The third-order valence-electron chi connectivity index (χ3n) is 4.53. The fraction of sp³-hybridized carbons (Fsp3) is 0.0435. The van der Waals surface area contributed by atoms with E-state index in [-0.39, 0.29) is 18.2 Å². The van der Waals surface area contributed by atoms with Gasteiger partial charge >= 0.3 is 0 Å². The molecular weight excluding hydrogens is 416 g/mol. The van der Waals surface area contributed by atoms with Crippen molar-refractivity contribution in [1.82, 2.24) is 4.57 Å². The van der Waals surface area contributed by atoms with Crippen molar-refractivity contribution in [2.75, 3.05) is 5.32 Å². The van der Waals surface area contributed by atoms with E-state index in [1.165, 1.54) is 0 Å². The number of nitrogens with zero attached hydrogens (tertiary/aromatic N) is 1. The summed E-state index contributed by atoms with van der Waals surface area (Å²) in [6, 6.07) is 24.0. The summed E-state index contributed by atoms with van der Waals surface area (Å²) in [6.45, 7) is 0.166. The third kappa shape index (κ3) is 3.75. The summed E-state index contributed by atoms with van der Waals surface area (Å²) in [5.74, 6) is -0.304. The van der Waals surface area contributed by atoms with E-state index in [1.54, 1.807) is 36.4 Å². The first-order valence-corrected chi connectivity index (χ1v) is 9.64. The van der Waals surface area contributed by atoms with E-state index in [2.05, 4.69) is 21.2 Å². The predicted octanol–water partition coefficient (Wildman–Crippen LogP) is 5.27. The second kappa shape index (κ2) is 7.82. The molecule has 0 aliphatic carbocycles. The molecule has 3 aromatic carbocycles. The number of benzene rings is 3. The van der Waals surface area contributed by atoms with Gasteiger partial charge in [-0.2, -0.15) is 0 Å². The normalized spacial score (nSPS) is 10.8. The summed E-state index contributed by atoms with van der Waals surface area (Å²) in [6.07, 6.45) is 1.89. The van der Waals surface area contributed by atoms with Crippen LogP contribution in [0.4, 0.5) is 5.69 Å². The Morgan fingerprint density at radius 3 is 2.46 bits per heavy atom. The monoisotopic (exact) mass is 432 g/mol. The molecule has 4 nitrogen and oxygen atoms in total. The van der Waals surface area contributed by atoms with Gasteiger partial charge in [0.2, 0.25) is 5.91 Å². The van der Waals surface area contributed by atoms with Crippen molar-refractivity contribution in [2.45, 2.75) is 6.54 Å². The van der Waals surface area contributed by atoms with Crippen molar-refractivity contribution in [2.24, 2.45) is 0 Å². The predicted molar refractivity (Wildman–Crippen MR) is 115 cm³/mol. The van der Waals surface area contributed by atoms with Gasteiger partial charge in [-0.25, -0.2) is 0 Å². The number of para-hydroxylation sites is 1. The van der Waals surface area contributed by atoms with Gasteiger partial charge in [0.1, 0.15) is 6.54 Å². The van der Waals surface area contributed by atoms with Gasteiger partial charge in [-0.05, 0) is 36.4 Å². The Morgan fingerprint density at radius 1 is 0.893 bits per heavy atom. The maximum absolute atomic E-state index is 12.8. The van der Waals surface area contributed by atoms with Crippen LogP contribution in [0.2, 0.25) is 0 Å². The molecule has 4 rings (SSSR count). The van der Waals surface area contributed by atoms with Crippen LogP contribution in [0.25, 0.3) is 10.9 Å². The first-order chi connectivity index (χ1) is 13.6. The lowest BCUT2D eigenvalue weighted by Crippen LogP contribution is -2.20. The Kier molecular flexibility index (Phi) is 5.08. The summed E-state index contributed by atoms with van der Waals surface area (Å²) in [4.78, 5) is 25.5. The molecule has 0 saturated carbocycles. The largest absolute Gasteiger partial charge is 0.338 e. The quantitative estimate of drug-likeness (QED) is 0.436. The van der Waals surface area contributed by atoms with Crippen LogP contribution < -0.4 is 5.32 Å². The van der Waals surface area contributed by atoms with E-state index in [1.807, 2.05) is 53.2 Å². The molecule has 28 heavy (non-hydrogen) atoms. The first-order valence-electron chi connectivity index (χ1n) is 8.85. The lowest BCUT2D eigenvalue weighted by molar-refractivity contribution is -0.116. The van der Waals surface area contributed by atoms with Crippen LogP contribution in [0.5, 0.6) is 0 Å².